The topological polar surface area (TPSA) is 51.8 Å². The van der Waals surface area contributed by atoms with Crippen molar-refractivity contribution in [3.8, 4) is 0 Å². The second-order valence-electron chi connectivity index (χ2n) is 3.66. The Bertz CT molecular complexity index is 464. The number of aromatic nitrogens is 3. The molecule has 0 aliphatic heterocycles. The van der Waals surface area contributed by atoms with Gasteiger partial charge in [0.1, 0.15) is 0 Å². The predicted molar refractivity (Wildman–Crippen MR) is 64.9 cm³/mol. The Kier molecular flexibility index (Phi) is 3.60. The molecule has 2 heterocycles. The molecular weight excluding hydrogens is 242 g/mol. The van der Waals surface area contributed by atoms with Crippen molar-refractivity contribution in [2.75, 3.05) is 0 Å². The van der Waals surface area contributed by atoms with Crippen LogP contribution in [0.1, 0.15) is 30.4 Å². The minimum absolute atomic E-state index is 0.454. The number of rotatable bonds is 4. The second kappa shape index (κ2) is 4.97. The minimum Gasteiger partial charge on any atom is -0.416 e. The van der Waals surface area contributed by atoms with E-state index in [2.05, 4.69) is 29.0 Å². The molecule has 0 N–H and O–H groups in total. The number of hydrogen-bond donors (Lipinski definition) is 0. The fourth-order valence-corrected chi connectivity index (χ4v) is 2.45. The molecule has 0 aromatic carbocycles. The molecule has 6 heteroatoms. The molecule has 0 unspecified atom stereocenters. The highest BCUT2D eigenvalue weighted by Crippen LogP contribution is 2.22. The molecule has 4 nitrogen and oxygen atoms in total. The average Bonchev–Trinajstić information content (AvgIpc) is 2.76. The third-order valence-corrected chi connectivity index (χ3v) is 3.44. The van der Waals surface area contributed by atoms with Crippen LogP contribution < -0.4 is 0 Å². The number of aryl methyl sites for hydroxylation is 1. The molecule has 0 aliphatic carbocycles. The van der Waals surface area contributed by atoms with Crippen molar-refractivity contribution < 1.29 is 4.42 Å². The van der Waals surface area contributed by atoms with Gasteiger partial charge in [0, 0.05) is 10.6 Å². The predicted octanol–water partition coefficient (Wildman–Crippen LogP) is 2.93. The Labute approximate surface area is 102 Å². The van der Waals surface area contributed by atoms with E-state index in [1.807, 2.05) is 12.3 Å². The summed E-state index contributed by atoms with van der Waals surface area (Å²) in [5.41, 5.74) is 0.993. The van der Waals surface area contributed by atoms with Gasteiger partial charge in [-0.15, -0.1) is 21.5 Å². The second-order valence-corrected chi connectivity index (χ2v) is 6.25. The van der Waals surface area contributed by atoms with Gasteiger partial charge in [0.15, 0.2) is 0 Å². The van der Waals surface area contributed by atoms with Crippen molar-refractivity contribution in [1.82, 2.24) is 15.2 Å². The van der Waals surface area contributed by atoms with Crippen LogP contribution in [0.3, 0.4) is 0 Å². The van der Waals surface area contributed by atoms with Gasteiger partial charge in [-0.1, -0.05) is 25.6 Å². The molecule has 0 radical (unpaired) electrons. The lowest BCUT2D eigenvalue weighted by atomic mass is 10.3. The van der Waals surface area contributed by atoms with Crippen LogP contribution in [-0.4, -0.2) is 20.4 Å². The maximum atomic E-state index is 5.51. The lowest BCUT2D eigenvalue weighted by Crippen LogP contribution is -1.88. The maximum Gasteiger partial charge on any atom is 0.276 e. The largest absolute Gasteiger partial charge is 0.416 e. The summed E-state index contributed by atoms with van der Waals surface area (Å²) >= 11 is 3.21. The van der Waals surface area contributed by atoms with Gasteiger partial charge in [0.05, 0.1) is 17.1 Å². The number of thiazole rings is 1. The SMILES string of the molecule is Cc1nc(Cc2nnc(SC(C)C)o2)cs1. The molecule has 0 saturated heterocycles. The number of thioether (sulfide) groups is 1. The molecule has 0 amide bonds. The standard InChI is InChI=1S/C10H13N3OS2/c1-6(2)16-10-13-12-9(14-10)4-8-5-15-7(3)11-8/h5-6H,4H2,1-3H3. The Balaban J connectivity index is 2.02. The van der Waals surface area contributed by atoms with Gasteiger partial charge < -0.3 is 4.42 Å². The van der Waals surface area contributed by atoms with Crippen molar-refractivity contribution in [3.63, 3.8) is 0 Å². The molecule has 0 atom stereocenters. The van der Waals surface area contributed by atoms with E-state index < -0.39 is 0 Å². The van der Waals surface area contributed by atoms with Crippen LogP contribution in [0.4, 0.5) is 0 Å². The van der Waals surface area contributed by atoms with E-state index >= 15 is 0 Å². The van der Waals surface area contributed by atoms with Crippen LogP contribution in [0.5, 0.6) is 0 Å². The number of nitrogens with zero attached hydrogens (tertiary/aromatic N) is 3. The lowest BCUT2D eigenvalue weighted by molar-refractivity contribution is 0.419. The summed E-state index contributed by atoms with van der Waals surface area (Å²) in [6.45, 7) is 6.18. The van der Waals surface area contributed by atoms with Gasteiger partial charge in [-0.2, -0.15) is 0 Å². The Morgan fingerprint density at radius 1 is 1.44 bits per heavy atom. The van der Waals surface area contributed by atoms with E-state index in [0.29, 0.717) is 22.8 Å². The molecule has 0 bridgehead atoms. The van der Waals surface area contributed by atoms with Crippen LogP contribution in [0.2, 0.25) is 0 Å². The molecule has 0 spiro atoms. The van der Waals surface area contributed by atoms with E-state index in [4.69, 9.17) is 4.42 Å². The fraction of sp³-hybridized carbons (Fsp3) is 0.500. The molecule has 86 valence electrons. The molecule has 0 aliphatic rings. The normalized spacial score (nSPS) is 11.2. The first-order valence-corrected chi connectivity index (χ1v) is 6.79. The van der Waals surface area contributed by atoms with Crippen LogP contribution >= 0.6 is 23.1 Å². The van der Waals surface area contributed by atoms with Gasteiger partial charge in [-0.25, -0.2) is 4.98 Å². The van der Waals surface area contributed by atoms with Crippen molar-refractivity contribution in [1.29, 1.82) is 0 Å². The first kappa shape index (κ1) is 11.6. The highest BCUT2D eigenvalue weighted by atomic mass is 32.2. The van der Waals surface area contributed by atoms with E-state index in [-0.39, 0.29) is 0 Å². The first-order chi connectivity index (χ1) is 7.63. The van der Waals surface area contributed by atoms with Crippen molar-refractivity contribution in [3.05, 3.63) is 22.0 Å². The third-order valence-electron chi connectivity index (χ3n) is 1.78. The molecule has 2 aromatic heterocycles. The van der Waals surface area contributed by atoms with Gasteiger partial charge in [0.25, 0.3) is 5.22 Å². The summed E-state index contributed by atoms with van der Waals surface area (Å²) in [6, 6.07) is 0. The minimum atomic E-state index is 0.454. The van der Waals surface area contributed by atoms with Crippen molar-refractivity contribution >= 4 is 23.1 Å². The zero-order valence-corrected chi connectivity index (χ0v) is 11.1. The monoisotopic (exact) mass is 255 g/mol. The van der Waals surface area contributed by atoms with E-state index in [1.165, 1.54) is 0 Å². The molecule has 2 rings (SSSR count). The smallest absolute Gasteiger partial charge is 0.276 e. The Morgan fingerprint density at radius 3 is 2.88 bits per heavy atom. The summed E-state index contributed by atoms with van der Waals surface area (Å²) in [5, 5.41) is 12.2. The van der Waals surface area contributed by atoms with E-state index in [9.17, 15) is 0 Å². The van der Waals surface area contributed by atoms with Crippen molar-refractivity contribution in [2.24, 2.45) is 0 Å². The van der Waals surface area contributed by atoms with Crippen LogP contribution in [-0.2, 0) is 6.42 Å². The summed E-state index contributed by atoms with van der Waals surface area (Å²) in [5.74, 6) is 0.633. The number of hydrogen-bond acceptors (Lipinski definition) is 6. The summed E-state index contributed by atoms with van der Waals surface area (Å²) < 4.78 is 5.51. The highest BCUT2D eigenvalue weighted by molar-refractivity contribution is 7.99. The Hall–Kier alpha value is -0.880. The highest BCUT2D eigenvalue weighted by Gasteiger charge is 2.10. The van der Waals surface area contributed by atoms with Gasteiger partial charge in [-0.3, -0.25) is 0 Å². The van der Waals surface area contributed by atoms with E-state index in [1.54, 1.807) is 23.1 Å². The summed E-state index contributed by atoms with van der Waals surface area (Å²) in [4.78, 5) is 4.36. The van der Waals surface area contributed by atoms with Crippen LogP contribution in [0.15, 0.2) is 15.0 Å². The lowest BCUT2D eigenvalue weighted by Gasteiger charge is -1.96. The molecule has 0 saturated carbocycles. The molecule has 2 aromatic rings. The average molecular weight is 255 g/mol. The maximum absolute atomic E-state index is 5.51. The molecular formula is C10H13N3OS2. The summed E-state index contributed by atoms with van der Waals surface area (Å²) in [7, 11) is 0. The van der Waals surface area contributed by atoms with Gasteiger partial charge in [-0.05, 0) is 6.92 Å². The third kappa shape index (κ3) is 3.05. The van der Waals surface area contributed by atoms with Gasteiger partial charge in [0.2, 0.25) is 5.89 Å². The zero-order chi connectivity index (χ0) is 11.5. The fourth-order valence-electron chi connectivity index (χ4n) is 1.20. The summed E-state index contributed by atoms with van der Waals surface area (Å²) in [6.07, 6.45) is 0.621. The molecule has 0 fully saturated rings. The Morgan fingerprint density at radius 2 is 2.25 bits per heavy atom. The van der Waals surface area contributed by atoms with Crippen molar-refractivity contribution in [2.45, 2.75) is 37.7 Å². The quantitative estimate of drug-likeness (QED) is 0.786. The van der Waals surface area contributed by atoms with E-state index in [0.717, 1.165) is 10.7 Å². The van der Waals surface area contributed by atoms with Crippen LogP contribution in [0, 0.1) is 6.92 Å². The first-order valence-electron chi connectivity index (χ1n) is 5.03. The van der Waals surface area contributed by atoms with Gasteiger partial charge >= 0.3 is 0 Å². The van der Waals surface area contributed by atoms with Crippen LogP contribution in [0.25, 0.3) is 0 Å². The zero-order valence-electron chi connectivity index (χ0n) is 9.43. The molecule has 16 heavy (non-hydrogen) atoms.